The summed E-state index contributed by atoms with van der Waals surface area (Å²) >= 11 is 14.1. The van der Waals surface area contributed by atoms with Gasteiger partial charge in [-0.15, -0.1) is 0 Å². The molecule has 0 aliphatic heterocycles. The van der Waals surface area contributed by atoms with Gasteiger partial charge in [0.15, 0.2) is 11.5 Å². The van der Waals surface area contributed by atoms with Crippen molar-refractivity contribution in [2.75, 3.05) is 19.0 Å². The Labute approximate surface area is 181 Å². The maximum Gasteiger partial charge on any atom is 0.266 e. The Bertz CT molecular complexity index is 939. The van der Waals surface area contributed by atoms with Gasteiger partial charge in [0.2, 0.25) is 0 Å². The number of benzene rings is 2. The van der Waals surface area contributed by atoms with E-state index in [-0.39, 0.29) is 10.6 Å². The summed E-state index contributed by atoms with van der Waals surface area (Å²) in [6.07, 6.45) is 1.47. The lowest BCUT2D eigenvalue weighted by Crippen LogP contribution is -2.13. The number of nitriles is 1. The molecular weight excluding hydrogens is 502 g/mol. The summed E-state index contributed by atoms with van der Waals surface area (Å²) < 4.78 is 11.7. The third kappa shape index (κ3) is 5.28. The summed E-state index contributed by atoms with van der Waals surface area (Å²) in [7, 11) is 1.55. The van der Waals surface area contributed by atoms with Gasteiger partial charge in [-0.05, 0) is 65.4 Å². The molecule has 140 valence electrons. The number of anilines is 1. The topological polar surface area (TPSA) is 71.3 Å². The standard InChI is InChI=1S/C19H15Cl2IN2O3/c1-3-27-16-9-11(8-14(22)18(16)26-2)7-12(10-23)19(25)24-15-6-4-5-13(20)17(15)21/h4-9H,3H2,1-2H3,(H,24,25)/b12-7+. The number of carbonyl (C=O) groups excluding carboxylic acids is 1. The fourth-order valence-electron chi connectivity index (χ4n) is 2.24. The molecule has 1 amide bonds. The molecule has 0 bridgehead atoms. The van der Waals surface area contributed by atoms with Crippen LogP contribution < -0.4 is 14.8 Å². The summed E-state index contributed by atoms with van der Waals surface area (Å²) in [6.45, 7) is 2.32. The first-order chi connectivity index (χ1) is 12.9. The molecular formula is C19H15Cl2IN2O3. The van der Waals surface area contributed by atoms with Crippen molar-refractivity contribution in [3.63, 3.8) is 0 Å². The van der Waals surface area contributed by atoms with Crippen molar-refractivity contribution in [3.05, 3.63) is 55.1 Å². The van der Waals surface area contributed by atoms with Gasteiger partial charge in [-0.25, -0.2) is 0 Å². The van der Waals surface area contributed by atoms with Crippen molar-refractivity contribution >= 4 is 63.5 Å². The number of carbonyl (C=O) groups is 1. The molecule has 0 aliphatic carbocycles. The molecule has 2 aromatic rings. The Morgan fingerprint density at radius 1 is 1.37 bits per heavy atom. The first-order valence-electron chi connectivity index (χ1n) is 7.78. The average molecular weight is 517 g/mol. The van der Waals surface area contributed by atoms with E-state index in [4.69, 9.17) is 32.7 Å². The van der Waals surface area contributed by atoms with Crippen LogP contribution in [0.15, 0.2) is 35.9 Å². The lowest BCUT2D eigenvalue weighted by atomic mass is 10.1. The number of nitrogens with zero attached hydrogens (tertiary/aromatic N) is 1. The van der Waals surface area contributed by atoms with Gasteiger partial charge in [0.25, 0.3) is 5.91 Å². The highest BCUT2D eigenvalue weighted by atomic mass is 127. The van der Waals surface area contributed by atoms with Gasteiger partial charge in [0.05, 0.1) is 33.0 Å². The molecule has 0 aliphatic rings. The highest BCUT2D eigenvalue weighted by Gasteiger charge is 2.15. The minimum absolute atomic E-state index is 0.0885. The second-order valence-electron chi connectivity index (χ2n) is 5.19. The molecule has 8 heteroatoms. The zero-order valence-electron chi connectivity index (χ0n) is 14.5. The van der Waals surface area contributed by atoms with E-state index in [0.29, 0.717) is 34.4 Å². The summed E-state index contributed by atoms with van der Waals surface area (Å²) in [5.41, 5.74) is 0.872. The Balaban J connectivity index is 2.36. The van der Waals surface area contributed by atoms with Crippen molar-refractivity contribution in [2.24, 2.45) is 0 Å². The summed E-state index contributed by atoms with van der Waals surface area (Å²) in [4.78, 5) is 12.5. The van der Waals surface area contributed by atoms with Gasteiger partial charge >= 0.3 is 0 Å². The molecule has 0 fully saturated rings. The lowest BCUT2D eigenvalue weighted by Gasteiger charge is -2.12. The third-order valence-corrected chi connectivity index (χ3v) is 5.03. The Kier molecular flexibility index (Phi) is 7.78. The molecule has 2 rings (SSSR count). The van der Waals surface area contributed by atoms with Crippen LogP contribution in [0.25, 0.3) is 6.08 Å². The quantitative estimate of drug-likeness (QED) is 0.310. The fraction of sp³-hybridized carbons (Fsp3) is 0.158. The first kappa shape index (κ1) is 21.4. The van der Waals surface area contributed by atoms with Gasteiger partial charge < -0.3 is 14.8 Å². The fourth-order valence-corrected chi connectivity index (χ4v) is 3.43. The minimum Gasteiger partial charge on any atom is -0.492 e. The number of rotatable bonds is 6. The van der Waals surface area contributed by atoms with E-state index >= 15 is 0 Å². The Morgan fingerprint density at radius 2 is 2.11 bits per heavy atom. The summed E-state index contributed by atoms with van der Waals surface area (Å²) in [5, 5.41) is 12.5. The maximum atomic E-state index is 12.5. The van der Waals surface area contributed by atoms with Crippen molar-refractivity contribution < 1.29 is 14.3 Å². The molecule has 0 aromatic heterocycles. The van der Waals surface area contributed by atoms with Gasteiger partial charge in [-0.1, -0.05) is 29.3 Å². The number of nitrogens with one attached hydrogen (secondary N) is 1. The van der Waals surface area contributed by atoms with E-state index in [9.17, 15) is 10.1 Å². The largest absolute Gasteiger partial charge is 0.492 e. The SMILES string of the molecule is CCOc1cc(/C=C(\C#N)C(=O)Nc2cccc(Cl)c2Cl)cc(I)c1OC. The Morgan fingerprint density at radius 3 is 2.74 bits per heavy atom. The molecule has 0 unspecified atom stereocenters. The molecule has 5 nitrogen and oxygen atoms in total. The smallest absolute Gasteiger partial charge is 0.266 e. The van der Waals surface area contributed by atoms with Crippen LogP contribution in [-0.4, -0.2) is 19.6 Å². The van der Waals surface area contributed by atoms with E-state index in [1.54, 1.807) is 37.4 Å². The predicted octanol–water partition coefficient (Wildman–Crippen LogP) is 5.55. The number of amides is 1. The normalized spacial score (nSPS) is 10.9. The molecule has 0 atom stereocenters. The van der Waals surface area contributed by atoms with Gasteiger partial charge in [-0.3, -0.25) is 4.79 Å². The van der Waals surface area contributed by atoms with E-state index in [2.05, 4.69) is 27.9 Å². The van der Waals surface area contributed by atoms with Crippen LogP contribution in [0.2, 0.25) is 10.0 Å². The second kappa shape index (κ2) is 9.83. The molecule has 2 aromatic carbocycles. The van der Waals surface area contributed by atoms with Crippen LogP contribution in [0.1, 0.15) is 12.5 Å². The minimum atomic E-state index is -0.592. The van der Waals surface area contributed by atoms with Crippen molar-refractivity contribution in [1.82, 2.24) is 0 Å². The van der Waals surface area contributed by atoms with Gasteiger partial charge in [-0.2, -0.15) is 5.26 Å². The second-order valence-corrected chi connectivity index (χ2v) is 7.14. The molecule has 27 heavy (non-hydrogen) atoms. The molecule has 1 N–H and O–H groups in total. The highest BCUT2D eigenvalue weighted by Crippen LogP contribution is 2.35. The number of hydrogen-bond acceptors (Lipinski definition) is 4. The van der Waals surface area contributed by atoms with E-state index in [1.165, 1.54) is 6.08 Å². The zero-order chi connectivity index (χ0) is 20.0. The number of halogens is 3. The summed E-state index contributed by atoms with van der Waals surface area (Å²) in [5.74, 6) is 0.544. The molecule has 0 saturated heterocycles. The van der Waals surface area contributed by atoms with Gasteiger partial charge in [0, 0.05) is 0 Å². The maximum absolute atomic E-state index is 12.5. The average Bonchev–Trinajstić information content (AvgIpc) is 2.63. The van der Waals surface area contributed by atoms with Crippen LogP contribution in [0.4, 0.5) is 5.69 Å². The number of ether oxygens (including phenoxy) is 2. The van der Waals surface area contributed by atoms with Crippen LogP contribution in [0.3, 0.4) is 0 Å². The van der Waals surface area contributed by atoms with Crippen molar-refractivity contribution in [3.8, 4) is 17.6 Å². The Hall–Kier alpha value is -1.95. The lowest BCUT2D eigenvalue weighted by molar-refractivity contribution is -0.112. The zero-order valence-corrected chi connectivity index (χ0v) is 18.1. The number of hydrogen-bond donors (Lipinski definition) is 1. The predicted molar refractivity (Wildman–Crippen MR) is 116 cm³/mol. The monoisotopic (exact) mass is 516 g/mol. The molecule has 0 saturated carbocycles. The van der Waals surface area contributed by atoms with Crippen LogP contribution in [0, 0.1) is 14.9 Å². The van der Waals surface area contributed by atoms with E-state index in [1.807, 2.05) is 13.0 Å². The van der Waals surface area contributed by atoms with Crippen LogP contribution in [-0.2, 0) is 4.79 Å². The third-order valence-electron chi connectivity index (χ3n) is 3.41. The first-order valence-corrected chi connectivity index (χ1v) is 9.62. The van der Waals surface area contributed by atoms with E-state index < -0.39 is 5.91 Å². The molecule has 0 heterocycles. The van der Waals surface area contributed by atoms with Crippen LogP contribution >= 0.6 is 45.8 Å². The molecule has 0 radical (unpaired) electrons. The van der Waals surface area contributed by atoms with Crippen molar-refractivity contribution in [2.45, 2.75) is 6.92 Å². The van der Waals surface area contributed by atoms with Gasteiger partial charge in [0.1, 0.15) is 11.6 Å². The van der Waals surface area contributed by atoms with E-state index in [0.717, 1.165) is 3.57 Å². The highest BCUT2D eigenvalue weighted by molar-refractivity contribution is 14.1. The number of methoxy groups -OCH3 is 1. The summed E-state index contributed by atoms with van der Waals surface area (Å²) in [6, 6.07) is 10.3. The molecule has 0 spiro atoms. The van der Waals surface area contributed by atoms with Crippen molar-refractivity contribution in [1.29, 1.82) is 5.26 Å². The van der Waals surface area contributed by atoms with Crippen LogP contribution in [0.5, 0.6) is 11.5 Å².